The first-order chi connectivity index (χ1) is 12.4. The third-order valence-electron chi connectivity index (χ3n) is 3.77. The SMILES string of the molecule is CC(C)c1ccc(NC(=O)c2cc(S(=O)(=O)NC(C)(C)C)ccc2Br)cc1. The maximum atomic E-state index is 12.7. The Bertz CT molecular complexity index is 931. The first-order valence-corrected chi connectivity index (χ1v) is 10.9. The third-order valence-corrected chi connectivity index (χ3v) is 6.22. The fraction of sp³-hybridized carbons (Fsp3) is 0.350. The van der Waals surface area contributed by atoms with Crippen molar-refractivity contribution >= 4 is 37.5 Å². The highest BCUT2D eigenvalue weighted by Gasteiger charge is 2.23. The van der Waals surface area contributed by atoms with E-state index in [9.17, 15) is 13.2 Å². The number of anilines is 1. The van der Waals surface area contributed by atoms with Crippen LogP contribution < -0.4 is 10.0 Å². The standard InChI is InChI=1S/C20H25BrN2O3S/c1-13(2)14-6-8-15(9-7-14)22-19(24)17-12-16(10-11-18(17)21)27(25,26)23-20(3,4)5/h6-13,23H,1-5H3,(H,22,24). The van der Waals surface area contributed by atoms with Gasteiger partial charge in [0.25, 0.3) is 5.91 Å². The Kier molecular flexibility index (Phi) is 6.50. The maximum Gasteiger partial charge on any atom is 0.256 e. The molecule has 0 atom stereocenters. The van der Waals surface area contributed by atoms with Gasteiger partial charge in [0.15, 0.2) is 0 Å². The van der Waals surface area contributed by atoms with Gasteiger partial charge in [-0.15, -0.1) is 0 Å². The number of carbonyl (C=O) groups is 1. The molecule has 0 saturated carbocycles. The van der Waals surface area contributed by atoms with E-state index in [1.165, 1.54) is 17.7 Å². The summed E-state index contributed by atoms with van der Waals surface area (Å²) in [5, 5.41) is 2.81. The van der Waals surface area contributed by atoms with Crippen LogP contribution in [0.2, 0.25) is 0 Å². The van der Waals surface area contributed by atoms with E-state index in [4.69, 9.17) is 0 Å². The summed E-state index contributed by atoms with van der Waals surface area (Å²) in [5.41, 5.74) is 1.46. The molecule has 1 amide bonds. The van der Waals surface area contributed by atoms with E-state index in [2.05, 4.69) is 39.8 Å². The van der Waals surface area contributed by atoms with Gasteiger partial charge >= 0.3 is 0 Å². The summed E-state index contributed by atoms with van der Waals surface area (Å²) < 4.78 is 28.2. The van der Waals surface area contributed by atoms with Gasteiger partial charge < -0.3 is 5.32 Å². The number of sulfonamides is 1. The Hall–Kier alpha value is -1.70. The monoisotopic (exact) mass is 452 g/mol. The lowest BCUT2D eigenvalue weighted by Gasteiger charge is -2.20. The van der Waals surface area contributed by atoms with Crippen LogP contribution >= 0.6 is 15.9 Å². The van der Waals surface area contributed by atoms with Crippen LogP contribution in [0.1, 0.15) is 56.5 Å². The van der Waals surface area contributed by atoms with Crippen molar-refractivity contribution in [3.8, 4) is 0 Å². The average Bonchev–Trinajstić information content (AvgIpc) is 2.53. The number of rotatable bonds is 5. The molecule has 0 radical (unpaired) electrons. The predicted octanol–water partition coefficient (Wildman–Crippen LogP) is 4.90. The molecule has 27 heavy (non-hydrogen) atoms. The van der Waals surface area contributed by atoms with E-state index >= 15 is 0 Å². The molecule has 0 unspecified atom stereocenters. The second-order valence-electron chi connectivity index (χ2n) is 7.73. The number of hydrogen-bond donors (Lipinski definition) is 2. The molecule has 2 N–H and O–H groups in total. The van der Waals surface area contributed by atoms with Crippen molar-refractivity contribution in [2.75, 3.05) is 5.32 Å². The second kappa shape index (κ2) is 8.12. The molecule has 0 saturated heterocycles. The molecule has 2 rings (SSSR count). The Morgan fingerprint density at radius 2 is 1.63 bits per heavy atom. The maximum absolute atomic E-state index is 12.7. The van der Waals surface area contributed by atoms with Gasteiger partial charge in [0.1, 0.15) is 0 Å². The number of benzene rings is 2. The van der Waals surface area contributed by atoms with Crippen LogP contribution in [0.3, 0.4) is 0 Å². The Labute approximate surface area is 169 Å². The summed E-state index contributed by atoms with van der Waals surface area (Å²) >= 11 is 3.33. The summed E-state index contributed by atoms with van der Waals surface area (Å²) in [6.07, 6.45) is 0. The van der Waals surface area contributed by atoms with Crippen LogP contribution in [-0.4, -0.2) is 19.9 Å². The Balaban J connectivity index is 2.28. The molecular weight excluding hydrogens is 428 g/mol. The van der Waals surface area contributed by atoms with Crippen molar-refractivity contribution in [3.05, 3.63) is 58.1 Å². The van der Waals surface area contributed by atoms with Gasteiger partial charge in [0.05, 0.1) is 10.5 Å². The highest BCUT2D eigenvalue weighted by atomic mass is 79.9. The normalized spacial score (nSPS) is 12.3. The van der Waals surface area contributed by atoms with Gasteiger partial charge in [-0.25, -0.2) is 13.1 Å². The van der Waals surface area contributed by atoms with Gasteiger partial charge in [-0.2, -0.15) is 0 Å². The van der Waals surface area contributed by atoms with Crippen LogP contribution in [0, 0.1) is 0 Å². The largest absolute Gasteiger partial charge is 0.322 e. The quantitative estimate of drug-likeness (QED) is 0.676. The number of hydrogen-bond acceptors (Lipinski definition) is 3. The number of halogens is 1. The van der Waals surface area contributed by atoms with E-state index in [1.807, 2.05) is 24.3 Å². The minimum atomic E-state index is -3.73. The molecule has 7 heteroatoms. The molecule has 0 bridgehead atoms. The zero-order valence-corrected chi connectivity index (χ0v) is 18.5. The molecule has 0 aliphatic heterocycles. The highest BCUT2D eigenvalue weighted by molar-refractivity contribution is 9.10. The lowest BCUT2D eigenvalue weighted by molar-refractivity contribution is 0.102. The number of nitrogens with one attached hydrogen (secondary N) is 2. The van der Waals surface area contributed by atoms with Crippen LogP contribution in [0.5, 0.6) is 0 Å². The van der Waals surface area contributed by atoms with Crippen LogP contribution in [0.4, 0.5) is 5.69 Å². The first kappa shape index (κ1) is 21.6. The van der Waals surface area contributed by atoms with Crippen molar-refractivity contribution in [3.63, 3.8) is 0 Å². The molecule has 0 fully saturated rings. The highest BCUT2D eigenvalue weighted by Crippen LogP contribution is 2.24. The van der Waals surface area contributed by atoms with Crippen molar-refractivity contribution in [1.29, 1.82) is 0 Å². The molecular formula is C20H25BrN2O3S. The Morgan fingerprint density at radius 1 is 1.04 bits per heavy atom. The summed E-state index contributed by atoms with van der Waals surface area (Å²) in [7, 11) is -3.73. The summed E-state index contributed by atoms with van der Waals surface area (Å²) in [6.45, 7) is 9.48. The fourth-order valence-corrected chi connectivity index (χ4v) is 4.33. The van der Waals surface area contributed by atoms with Crippen molar-refractivity contribution in [2.24, 2.45) is 0 Å². The van der Waals surface area contributed by atoms with Gasteiger partial charge in [-0.1, -0.05) is 26.0 Å². The zero-order chi connectivity index (χ0) is 20.4. The molecule has 0 aliphatic rings. The van der Waals surface area contributed by atoms with Crippen LogP contribution in [-0.2, 0) is 10.0 Å². The summed E-state index contributed by atoms with van der Waals surface area (Å²) in [6, 6.07) is 12.0. The van der Waals surface area contributed by atoms with E-state index in [0.29, 0.717) is 16.1 Å². The molecule has 0 spiro atoms. The number of amides is 1. The van der Waals surface area contributed by atoms with E-state index < -0.39 is 15.6 Å². The minimum absolute atomic E-state index is 0.0425. The molecule has 0 heterocycles. The van der Waals surface area contributed by atoms with Crippen LogP contribution in [0.25, 0.3) is 0 Å². The molecule has 5 nitrogen and oxygen atoms in total. The molecule has 2 aromatic carbocycles. The number of carbonyl (C=O) groups excluding carboxylic acids is 1. The smallest absolute Gasteiger partial charge is 0.256 e. The topological polar surface area (TPSA) is 75.3 Å². The Morgan fingerprint density at radius 3 is 2.15 bits per heavy atom. The van der Waals surface area contributed by atoms with Gasteiger partial charge in [-0.05, 0) is 78.5 Å². The van der Waals surface area contributed by atoms with Gasteiger partial charge in [0.2, 0.25) is 10.0 Å². The van der Waals surface area contributed by atoms with E-state index in [1.54, 1.807) is 26.8 Å². The lowest BCUT2D eigenvalue weighted by Crippen LogP contribution is -2.40. The molecule has 0 aliphatic carbocycles. The van der Waals surface area contributed by atoms with Crippen molar-refractivity contribution in [1.82, 2.24) is 4.72 Å². The first-order valence-electron chi connectivity index (χ1n) is 8.64. The third kappa shape index (κ3) is 5.89. The predicted molar refractivity (Wildman–Crippen MR) is 113 cm³/mol. The van der Waals surface area contributed by atoms with Crippen molar-refractivity contribution < 1.29 is 13.2 Å². The second-order valence-corrected chi connectivity index (χ2v) is 10.3. The van der Waals surface area contributed by atoms with Crippen LogP contribution in [0.15, 0.2) is 51.8 Å². The van der Waals surface area contributed by atoms with E-state index in [0.717, 1.165) is 0 Å². The lowest BCUT2D eigenvalue weighted by atomic mass is 10.0. The summed E-state index contributed by atoms with van der Waals surface area (Å²) in [4.78, 5) is 12.7. The van der Waals surface area contributed by atoms with Gasteiger partial charge in [-0.3, -0.25) is 4.79 Å². The molecule has 2 aromatic rings. The average molecular weight is 453 g/mol. The fourth-order valence-electron chi connectivity index (χ4n) is 2.46. The zero-order valence-electron chi connectivity index (χ0n) is 16.1. The van der Waals surface area contributed by atoms with E-state index in [-0.39, 0.29) is 16.4 Å². The van der Waals surface area contributed by atoms with Gasteiger partial charge in [0, 0.05) is 15.7 Å². The summed E-state index contributed by atoms with van der Waals surface area (Å²) in [5.74, 6) is 0.0214. The molecule has 146 valence electrons. The molecule has 0 aromatic heterocycles. The van der Waals surface area contributed by atoms with Crippen molar-refractivity contribution in [2.45, 2.75) is 51.0 Å². The minimum Gasteiger partial charge on any atom is -0.322 e.